The quantitative estimate of drug-likeness (QED) is 0.631. The first-order valence-electron chi connectivity index (χ1n) is 6.71. The zero-order valence-corrected chi connectivity index (χ0v) is 11.5. The lowest BCUT2D eigenvalue weighted by molar-refractivity contribution is -0.132. The summed E-state index contributed by atoms with van der Waals surface area (Å²) in [5, 5.41) is 0. The minimum absolute atomic E-state index is 0. The maximum atomic E-state index is 11.9. The number of carbonyl (C=O) groups is 1. The highest BCUT2D eigenvalue weighted by Gasteiger charge is 2.32. The molecule has 17 heavy (non-hydrogen) atoms. The summed E-state index contributed by atoms with van der Waals surface area (Å²) in [6.07, 6.45) is 4.12. The van der Waals surface area contributed by atoms with Crippen LogP contribution in [-0.2, 0) is 4.79 Å². The highest BCUT2D eigenvalue weighted by Crippen LogP contribution is 2.37. The standard InChI is InChI=1S/C13H19NO.C2H6.H2/c1-9(2)14-8-12-5-4-11(6-10(12)3)7-13(14)15;1-2;/h11-12H,1,3-8H2,2H3;1-2H3;1H. The molecule has 0 aromatic heterocycles. The van der Waals surface area contributed by atoms with Crippen molar-refractivity contribution in [1.29, 1.82) is 0 Å². The molecule has 0 spiro atoms. The first-order valence-corrected chi connectivity index (χ1v) is 6.71. The minimum Gasteiger partial charge on any atom is -0.316 e. The van der Waals surface area contributed by atoms with E-state index in [1.807, 2.05) is 25.7 Å². The van der Waals surface area contributed by atoms with Crippen molar-refractivity contribution in [3.05, 3.63) is 24.4 Å². The molecule has 1 amide bonds. The topological polar surface area (TPSA) is 20.3 Å². The van der Waals surface area contributed by atoms with Crippen LogP contribution >= 0.6 is 0 Å². The predicted molar refractivity (Wildman–Crippen MR) is 74.6 cm³/mol. The molecule has 98 valence electrons. The Bertz CT molecular complexity index is 324. The van der Waals surface area contributed by atoms with E-state index in [4.69, 9.17) is 0 Å². The van der Waals surface area contributed by atoms with E-state index in [9.17, 15) is 4.79 Å². The summed E-state index contributed by atoms with van der Waals surface area (Å²) in [6.45, 7) is 14.8. The number of allylic oxidation sites excluding steroid dienone is 1. The molecule has 2 saturated heterocycles. The maximum Gasteiger partial charge on any atom is 0.227 e. The van der Waals surface area contributed by atoms with Crippen LogP contribution in [0, 0.1) is 11.8 Å². The van der Waals surface area contributed by atoms with Crippen LogP contribution in [0.15, 0.2) is 24.4 Å². The Morgan fingerprint density at radius 2 is 2.00 bits per heavy atom. The van der Waals surface area contributed by atoms with Crippen molar-refractivity contribution < 1.29 is 6.22 Å². The Hall–Kier alpha value is -1.05. The number of rotatable bonds is 1. The molecule has 0 N–H and O–H groups in total. The molecule has 3 rings (SSSR count). The molecule has 1 saturated carbocycles. The fraction of sp³-hybridized carbons (Fsp3) is 0.667. The molecule has 0 aromatic carbocycles. The molecule has 2 atom stereocenters. The minimum atomic E-state index is 0. The van der Waals surface area contributed by atoms with Gasteiger partial charge in [-0.15, -0.1) is 0 Å². The second-order valence-corrected chi connectivity index (χ2v) is 4.95. The van der Waals surface area contributed by atoms with E-state index in [1.165, 1.54) is 18.4 Å². The van der Waals surface area contributed by atoms with E-state index in [0.29, 0.717) is 18.3 Å². The summed E-state index contributed by atoms with van der Waals surface area (Å²) in [5.41, 5.74) is 2.21. The van der Waals surface area contributed by atoms with Crippen LogP contribution in [0.4, 0.5) is 0 Å². The lowest BCUT2D eigenvalue weighted by atomic mass is 9.75. The number of hydrogen-bond donors (Lipinski definition) is 0. The van der Waals surface area contributed by atoms with Crippen molar-refractivity contribution in [2.24, 2.45) is 11.8 Å². The van der Waals surface area contributed by atoms with Gasteiger partial charge < -0.3 is 4.90 Å². The first-order chi connectivity index (χ1) is 8.08. The van der Waals surface area contributed by atoms with Crippen LogP contribution in [0.1, 0.15) is 47.9 Å². The average molecular weight is 237 g/mol. The van der Waals surface area contributed by atoms with Crippen molar-refractivity contribution in [2.45, 2.75) is 46.5 Å². The monoisotopic (exact) mass is 237 g/mol. The van der Waals surface area contributed by atoms with Gasteiger partial charge in [0.05, 0.1) is 0 Å². The third-order valence-electron chi connectivity index (χ3n) is 3.68. The number of fused-ring (bicyclic) bond motifs is 5. The van der Waals surface area contributed by atoms with Gasteiger partial charge in [0, 0.05) is 20.1 Å². The molecule has 2 aliphatic heterocycles. The Labute approximate surface area is 107 Å². The third kappa shape index (κ3) is 3.21. The SMILES string of the molecule is C=C1CC2CCC1CN(C(=C)C)C(=O)C2.CC.[HH]. The van der Waals surface area contributed by atoms with E-state index in [2.05, 4.69) is 13.2 Å². The van der Waals surface area contributed by atoms with Gasteiger partial charge in [0.25, 0.3) is 0 Å². The Morgan fingerprint density at radius 3 is 2.53 bits per heavy atom. The fourth-order valence-electron chi connectivity index (χ4n) is 2.72. The van der Waals surface area contributed by atoms with Crippen LogP contribution in [0.2, 0.25) is 0 Å². The maximum absolute atomic E-state index is 11.9. The molecule has 0 aromatic rings. The Kier molecular flexibility index (Phi) is 4.98. The second kappa shape index (κ2) is 6.04. The lowest BCUT2D eigenvalue weighted by Gasteiger charge is -2.38. The van der Waals surface area contributed by atoms with E-state index >= 15 is 0 Å². The summed E-state index contributed by atoms with van der Waals surface area (Å²) in [5.74, 6) is 1.29. The van der Waals surface area contributed by atoms with Crippen molar-refractivity contribution >= 4 is 5.91 Å². The molecular weight excluding hydrogens is 210 g/mol. The van der Waals surface area contributed by atoms with Crippen LogP contribution in [-0.4, -0.2) is 17.4 Å². The highest BCUT2D eigenvalue weighted by atomic mass is 16.2. The van der Waals surface area contributed by atoms with Gasteiger partial charge in [-0.2, -0.15) is 0 Å². The van der Waals surface area contributed by atoms with E-state index in [-0.39, 0.29) is 7.33 Å². The smallest absolute Gasteiger partial charge is 0.227 e. The highest BCUT2D eigenvalue weighted by molar-refractivity contribution is 5.78. The predicted octanol–water partition coefficient (Wildman–Crippen LogP) is 4.00. The molecule has 2 heterocycles. The molecule has 1 aliphatic carbocycles. The van der Waals surface area contributed by atoms with Gasteiger partial charge >= 0.3 is 0 Å². The van der Waals surface area contributed by atoms with Crippen molar-refractivity contribution in [1.82, 2.24) is 4.90 Å². The Morgan fingerprint density at radius 1 is 1.35 bits per heavy atom. The van der Waals surface area contributed by atoms with E-state index < -0.39 is 0 Å². The van der Waals surface area contributed by atoms with Gasteiger partial charge in [-0.3, -0.25) is 4.79 Å². The molecule has 2 unspecified atom stereocenters. The third-order valence-corrected chi connectivity index (χ3v) is 3.68. The van der Waals surface area contributed by atoms with E-state index in [1.54, 1.807) is 0 Å². The summed E-state index contributed by atoms with van der Waals surface area (Å²) in [4.78, 5) is 13.8. The zero-order chi connectivity index (χ0) is 13.0. The second-order valence-electron chi connectivity index (χ2n) is 4.95. The molecule has 3 fully saturated rings. The molecule has 2 heteroatoms. The number of carbonyl (C=O) groups excluding carboxylic acids is 1. The van der Waals surface area contributed by atoms with Crippen LogP contribution in [0.25, 0.3) is 0 Å². The van der Waals surface area contributed by atoms with Gasteiger partial charge in [-0.1, -0.05) is 32.6 Å². The summed E-state index contributed by atoms with van der Waals surface area (Å²) < 4.78 is 0. The van der Waals surface area contributed by atoms with Crippen molar-refractivity contribution in [2.75, 3.05) is 6.54 Å². The first kappa shape index (κ1) is 14.0. The largest absolute Gasteiger partial charge is 0.316 e. The normalized spacial score (nSPS) is 28.1. The molecule has 2 bridgehead atoms. The molecule has 0 radical (unpaired) electrons. The van der Waals surface area contributed by atoms with Gasteiger partial charge in [-0.05, 0) is 38.0 Å². The Balaban J connectivity index is 0.000000917. The van der Waals surface area contributed by atoms with Crippen LogP contribution in [0.3, 0.4) is 0 Å². The van der Waals surface area contributed by atoms with Crippen LogP contribution in [0.5, 0.6) is 0 Å². The van der Waals surface area contributed by atoms with E-state index in [0.717, 1.165) is 18.7 Å². The lowest BCUT2D eigenvalue weighted by Crippen LogP contribution is -2.40. The fourth-order valence-corrected chi connectivity index (χ4v) is 2.72. The van der Waals surface area contributed by atoms with Crippen molar-refractivity contribution in [3.8, 4) is 0 Å². The zero-order valence-electron chi connectivity index (χ0n) is 11.5. The summed E-state index contributed by atoms with van der Waals surface area (Å²) in [6, 6.07) is 0. The average Bonchev–Trinajstić information content (AvgIpc) is 2.27. The van der Waals surface area contributed by atoms with Gasteiger partial charge in [0.15, 0.2) is 0 Å². The van der Waals surface area contributed by atoms with Crippen LogP contribution < -0.4 is 0 Å². The van der Waals surface area contributed by atoms with Crippen molar-refractivity contribution in [3.63, 3.8) is 0 Å². The molecule has 2 nitrogen and oxygen atoms in total. The number of amides is 1. The summed E-state index contributed by atoms with van der Waals surface area (Å²) >= 11 is 0. The number of hydrogen-bond acceptors (Lipinski definition) is 1. The molecule has 3 aliphatic rings. The summed E-state index contributed by atoms with van der Waals surface area (Å²) in [7, 11) is 0. The number of nitrogens with zero attached hydrogens (tertiary/aromatic N) is 1. The molecular formula is C15H27NO. The van der Waals surface area contributed by atoms with Gasteiger partial charge in [0.2, 0.25) is 5.91 Å². The van der Waals surface area contributed by atoms with Gasteiger partial charge in [-0.25, -0.2) is 0 Å². The van der Waals surface area contributed by atoms with Gasteiger partial charge in [0.1, 0.15) is 0 Å².